The quantitative estimate of drug-likeness (QED) is 0.859. The minimum absolute atomic E-state index is 0.485. The Kier molecular flexibility index (Phi) is 8.25. The number of nitrogens with zero attached hydrogens (tertiary/aromatic N) is 2. The van der Waals surface area contributed by atoms with E-state index in [-0.39, 0.29) is 0 Å². The van der Waals surface area contributed by atoms with E-state index >= 15 is 0 Å². The number of piperazine rings is 1. The Bertz CT molecular complexity index is 502. The lowest BCUT2D eigenvalue weighted by Crippen LogP contribution is -2.50. The zero-order chi connectivity index (χ0) is 18.2. The SMILES string of the molecule is CC.CCC(CC)N1CCN(c2ccc3c(c2)[C@H](C)NCCC3)CC1. The van der Waals surface area contributed by atoms with Gasteiger partial charge in [0.15, 0.2) is 0 Å². The molecule has 0 radical (unpaired) electrons. The molecule has 25 heavy (non-hydrogen) atoms. The maximum absolute atomic E-state index is 3.64. The topological polar surface area (TPSA) is 18.5 Å². The van der Waals surface area contributed by atoms with Gasteiger partial charge in [-0.05, 0) is 62.4 Å². The fourth-order valence-electron chi connectivity index (χ4n) is 4.27. The van der Waals surface area contributed by atoms with E-state index in [0.29, 0.717) is 6.04 Å². The zero-order valence-corrected chi connectivity index (χ0v) is 17.1. The van der Waals surface area contributed by atoms with Gasteiger partial charge < -0.3 is 10.2 Å². The average molecular weight is 346 g/mol. The van der Waals surface area contributed by atoms with Gasteiger partial charge in [-0.25, -0.2) is 0 Å². The first kappa shape index (κ1) is 20.3. The fraction of sp³-hybridized carbons (Fsp3) is 0.727. The molecule has 2 aliphatic rings. The average Bonchev–Trinajstić information content (AvgIpc) is 2.86. The molecule has 3 nitrogen and oxygen atoms in total. The number of hydrogen-bond acceptors (Lipinski definition) is 3. The number of aryl methyl sites for hydroxylation is 1. The minimum Gasteiger partial charge on any atom is -0.369 e. The van der Waals surface area contributed by atoms with E-state index in [9.17, 15) is 0 Å². The Hall–Kier alpha value is -1.06. The summed E-state index contributed by atoms with van der Waals surface area (Å²) in [5, 5.41) is 3.64. The third-order valence-corrected chi connectivity index (χ3v) is 5.81. The van der Waals surface area contributed by atoms with E-state index in [0.717, 1.165) is 25.7 Å². The normalized spacial score (nSPS) is 21.4. The molecule has 1 aromatic carbocycles. The molecule has 1 saturated heterocycles. The second kappa shape index (κ2) is 10.2. The molecule has 1 atom stereocenters. The van der Waals surface area contributed by atoms with E-state index in [4.69, 9.17) is 0 Å². The van der Waals surface area contributed by atoms with Crippen LogP contribution in [0.4, 0.5) is 5.69 Å². The number of fused-ring (bicyclic) bond motifs is 1. The van der Waals surface area contributed by atoms with Crippen molar-refractivity contribution in [1.82, 2.24) is 10.2 Å². The maximum atomic E-state index is 3.64. The molecule has 142 valence electrons. The largest absolute Gasteiger partial charge is 0.369 e. The molecule has 1 fully saturated rings. The fourth-order valence-corrected chi connectivity index (χ4v) is 4.27. The van der Waals surface area contributed by atoms with Crippen LogP contribution in [0.15, 0.2) is 18.2 Å². The molecule has 2 aliphatic heterocycles. The number of anilines is 1. The Morgan fingerprint density at radius 1 is 1.08 bits per heavy atom. The molecule has 3 heteroatoms. The van der Waals surface area contributed by atoms with Crippen molar-refractivity contribution >= 4 is 5.69 Å². The zero-order valence-electron chi connectivity index (χ0n) is 17.1. The van der Waals surface area contributed by atoms with Crippen LogP contribution in [0.1, 0.15) is 71.0 Å². The predicted molar refractivity (Wildman–Crippen MR) is 111 cm³/mol. The monoisotopic (exact) mass is 345 g/mol. The van der Waals surface area contributed by atoms with Crippen LogP contribution >= 0.6 is 0 Å². The summed E-state index contributed by atoms with van der Waals surface area (Å²) in [6, 6.07) is 8.43. The minimum atomic E-state index is 0.485. The van der Waals surface area contributed by atoms with E-state index in [2.05, 4.69) is 54.1 Å². The predicted octanol–water partition coefficient (Wildman–Crippen LogP) is 4.62. The van der Waals surface area contributed by atoms with Crippen molar-refractivity contribution < 1.29 is 0 Å². The van der Waals surface area contributed by atoms with Crippen LogP contribution in [-0.4, -0.2) is 43.7 Å². The van der Waals surface area contributed by atoms with Crippen LogP contribution in [-0.2, 0) is 6.42 Å². The van der Waals surface area contributed by atoms with Crippen molar-refractivity contribution in [3.05, 3.63) is 29.3 Å². The van der Waals surface area contributed by atoms with Crippen molar-refractivity contribution in [2.24, 2.45) is 0 Å². The van der Waals surface area contributed by atoms with E-state index in [1.807, 2.05) is 13.8 Å². The van der Waals surface area contributed by atoms with Gasteiger partial charge in [-0.15, -0.1) is 0 Å². The smallest absolute Gasteiger partial charge is 0.0370 e. The van der Waals surface area contributed by atoms with Gasteiger partial charge in [-0.1, -0.05) is 33.8 Å². The Morgan fingerprint density at radius 3 is 2.40 bits per heavy atom. The molecule has 1 aromatic rings. The molecule has 0 saturated carbocycles. The summed E-state index contributed by atoms with van der Waals surface area (Å²) in [6.07, 6.45) is 5.03. The molecule has 1 N–H and O–H groups in total. The van der Waals surface area contributed by atoms with Gasteiger partial charge in [0.1, 0.15) is 0 Å². The first-order valence-electron chi connectivity index (χ1n) is 10.6. The van der Waals surface area contributed by atoms with Crippen LogP contribution in [0.5, 0.6) is 0 Å². The van der Waals surface area contributed by atoms with Crippen molar-refractivity contribution in [2.45, 2.75) is 72.4 Å². The van der Waals surface area contributed by atoms with Crippen molar-refractivity contribution in [3.63, 3.8) is 0 Å². The molecular formula is C22H39N3. The summed E-state index contributed by atoms with van der Waals surface area (Å²) >= 11 is 0. The van der Waals surface area contributed by atoms with E-state index in [1.54, 1.807) is 5.56 Å². The summed E-state index contributed by atoms with van der Waals surface area (Å²) in [7, 11) is 0. The highest BCUT2D eigenvalue weighted by Crippen LogP contribution is 2.28. The Morgan fingerprint density at radius 2 is 1.76 bits per heavy atom. The molecule has 3 rings (SSSR count). The van der Waals surface area contributed by atoms with Gasteiger partial charge in [0.25, 0.3) is 0 Å². The first-order chi connectivity index (χ1) is 12.2. The molecule has 0 spiro atoms. The van der Waals surface area contributed by atoms with Crippen LogP contribution in [0.3, 0.4) is 0 Å². The maximum Gasteiger partial charge on any atom is 0.0370 e. The van der Waals surface area contributed by atoms with Gasteiger partial charge in [-0.2, -0.15) is 0 Å². The Labute approximate surface area is 155 Å². The molecule has 0 amide bonds. The summed E-state index contributed by atoms with van der Waals surface area (Å²) in [5.74, 6) is 0. The summed E-state index contributed by atoms with van der Waals surface area (Å²) in [4.78, 5) is 5.26. The highest BCUT2D eigenvalue weighted by Gasteiger charge is 2.23. The van der Waals surface area contributed by atoms with Gasteiger partial charge in [0.2, 0.25) is 0 Å². The summed E-state index contributed by atoms with van der Waals surface area (Å²) < 4.78 is 0. The molecule has 0 unspecified atom stereocenters. The lowest BCUT2D eigenvalue weighted by atomic mass is 9.98. The van der Waals surface area contributed by atoms with Gasteiger partial charge in [-0.3, -0.25) is 4.90 Å². The lowest BCUT2D eigenvalue weighted by Gasteiger charge is -2.40. The standard InChI is InChI=1S/C20H33N3.C2H6/c1-4-18(5-2)22-11-13-23(14-12-22)19-9-8-17-7-6-10-21-16(3)20(17)15-19;1-2/h8-9,15-16,18,21H,4-7,10-14H2,1-3H3;1-2H3/t16-;/m0./s1. The molecular weight excluding hydrogens is 306 g/mol. The van der Waals surface area contributed by atoms with Crippen molar-refractivity contribution in [3.8, 4) is 0 Å². The Balaban J connectivity index is 0.00000109. The highest BCUT2D eigenvalue weighted by atomic mass is 15.3. The number of rotatable bonds is 4. The number of hydrogen-bond donors (Lipinski definition) is 1. The number of nitrogens with one attached hydrogen (secondary N) is 1. The second-order valence-corrected chi connectivity index (χ2v) is 7.16. The number of benzene rings is 1. The molecule has 0 aliphatic carbocycles. The van der Waals surface area contributed by atoms with Crippen molar-refractivity contribution in [1.29, 1.82) is 0 Å². The third-order valence-electron chi connectivity index (χ3n) is 5.81. The third kappa shape index (κ3) is 4.98. The van der Waals surface area contributed by atoms with Crippen LogP contribution in [0.25, 0.3) is 0 Å². The summed E-state index contributed by atoms with van der Waals surface area (Å²) in [6.45, 7) is 16.8. The van der Waals surface area contributed by atoms with Gasteiger partial charge in [0, 0.05) is 44.0 Å². The highest BCUT2D eigenvalue weighted by molar-refractivity contribution is 5.52. The van der Waals surface area contributed by atoms with Gasteiger partial charge in [0.05, 0.1) is 0 Å². The van der Waals surface area contributed by atoms with Crippen LogP contribution in [0, 0.1) is 0 Å². The summed E-state index contributed by atoms with van der Waals surface area (Å²) in [5.41, 5.74) is 4.48. The molecule has 0 aromatic heterocycles. The van der Waals surface area contributed by atoms with Crippen LogP contribution < -0.4 is 10.2 Å². The molecule has 2 heterocycles. The van der Waals surface area contributed by atoms with Crippen LogP contribution in [0.2, 0.25) is 0 Å². The lowest BCUT2D eigenvalue weighted by molar-refractivity contribution is 0.175. The van der Waals surface area contributed by atoms with Crippen molar-refractivity contribution in [2.75, 3.05) is 37.6 Å². The second-order valence-electron chi connectivity index (χ2n) is 7.16. The molecule has 0 bridgehead atoms. The first-order valence-corrected chi connectivity index (χ1v) is 10.6. The van der Waals surface area contributed by atoms with E-state index in [1.165, 1.54) is 50.0 Å². The van der Waals surface area contributed by atoms with E-state index < -0.39 is 0 Å². The van der Waals surface area contributed by atoms with Gasteiger partial charge >= 0.3 is 0 Å².